The van der Waals surface area contributed by atoms with Crippen LogP contribution in [0, 0.1) is 5.41 Å². The fraction of sp³-hybridized carbons (Fsp3) is 0.818. The Morgan fingerprint density at radius 2 is 1.62 bits per heavy atom. The van der Waals surface area contributed by atoms with Gasteiger partial charge in [-0.2, -0.15) is 0 Å². The number of hydrogen-bond acceptors (Lipinski definition) is 3. The van der Waals surface area contributed by atoms with E-state index in [9.17, 15) is 9.59 Å². The highest BCUT2D eigenvalue weighted by atomic mass is 16.2. The molecule has 5 N–H and O–H groups in total. The van der Waals surface area contributed by atoms with Gasteiger partial charge in [0.1, 0.15) is 0 Å². The molecule has 0 aliphatic heterocycles. The number of nitrogens with one attached hydrogen (secondary N) is 1. The molecule has 0 rings (SSSR count). The topological polar surface area (TPSA) is 98.2 Å². The summed E-state index contributed by atoms with van der Waals surface area (Å²) in [4.78, 5) is 22.6. The van der Waals surface area contributed by atoms with Crippen LogP contribution in [0.5, 0.6) is 0 Å². The van der Waals surface area contributed by atoms with Crippen molar-refractivity contribution in [2.45, 2.75) is 52.6 Å². The summed E-state index contributed by atoms with van der Waals surface area (Å²) in [5, 5.41) is 2.73. The van der Waals surface area contributed by atoms with Crippen molar-refractivity contribution in [3.63, 3.8) is 0 Å². The Hall–Kier alpha value is -1.10. The van der Waals surface area contributed by atoms with Gasteiger partial charge in [-0.05, 0) is 19.3 Å². The van der Waals surface area contributed by atoms with E-state index in [4.69, 9.17) is 11.5 Å². The van der Waals surface area contributed by atoms with Crippen LogP contribution in [-0.4, -0.2) is 23.4 Å². The average molecular weight is 229 g/mol. The molecule has 5 nitrogen and oxygen atoms in total. The second-order valence-corrected chi connectivity index (χ2v) is 5.86. The third-order valence-electron chi connectivity index (χ3n) is 2.29. The van der Waals surface area contributed by atoms with E-state index in [1.807, 2.05) is 20.8 Å². The maximum atomic E-state index is 11.8. The zero-order valence-electron chi connectivity index (χ0n) is 10.8. The van der Waals surface area contributed by atoms with Crippen LogP contribution in [0.3, 0.4) is 0 Å². The predicted octanol–water partition coefficient (Wildman–Crippen LogP) is 0.130. The molecule has 94 valence electrons. The molecule has 5 heteroatoms. The first-order valence-corrected chi connectivity index (χ1v) is 5.31. The molecule has 1 unspecified atom stereocenters. The van der Waals surface area contributed by atoms with Crippen LogP contribution in [0.2, 0.25) is 0 Å². The van der Waals surface area contributed by atoms with Crippen molar-refractivity contribution in [1.29, 1.82) is 0 Å². The van der Waals surface area contributed by atoms with E-state index in [0.29, 0.717) is 0 Å². The van der Waals surface area contributed by atoms with E-state index >= 15 is 0 Å². The maximum Gasteiger partial charge on any atom is 0.237 e. The number of carbonyl (C=O) groups is 2. The third kappa shape index (κ3) is 5.11. The fourth-order valence-electron chi connectivity index (χ4n) is 1.28. The molecule has 0 aromatic heterocycles. The van der Waals surface area contributed by atoms with Crippen LogP contribution in [-0.2, 0) is 9.59 Å². The largest absolute Gasteiger partial charge is 0.370 e. The second-order valence-electron chi connectivity index (χ2n) is 5.86. The normalized spacial score (nSPS) is 14.4. The minimum absolute atomic E-state index is 0.0929. The van der Waals surface area contributed by atoms with Crippen molar-refractivity contribution in [3.05, 3.63) is 0 Å². The van der Waals surface area contributed by atoms with Gasteiger partial charge in [0.25, 0.3) is 0 Å². The molecule has 2 amide bonds. The molecule has 16 heavy (non-hydrogen) atoms. The highest BCUT2D eigenvalue weighted by Gasteiger charge is 2.31. The molecule has 0 aliphatic carbocycles. The van der Waals surface area contributed by atoms with Gasteiger partial charge in [0, 0.05) is 12.0 Å². The summed E-state index contributed by atoms with van der Waals surface area (Å²) in [6, 6.07) is -0.611. The molecule has 0 aromatic carbocycles. The Morgan fingerprint density at radius 3 is 1.94 bits per heavy atom. The van der Waals surface area contributed by atoms with Crippen LogP contribution in [0.1, 0.15) is 41.0 Å². The summed E-state index contributed by atoms with van der Waals surface area (Å²) in [5.41, 5.74) is 9.93. The summed E-state index contributed by atoms with van der Waals surface area (Å²) >= 11 is 0. The van der Waals surface area contributed by atoms with Crippen molar-refractivity contribution in [2.75, 3.05) is 0 Å². The van der Waals surface area contributed by atoms with Crippen LogP contribution in [0.4, 0.5) is 0 Å². The molecule has 0 aromatic rings. The van der Waals surface area contributed by atoms with Gasteiger partial charge in [-0.3, -0.25) is 9.59 Å². The zero-order chi connectivity index (χ0) is 13.1. The van der Waals surface area contributed by atoms with Crippen molar-refractivity contribution < 1.29 is 9.59 Å². The van der Waals surface area contributed by atoms with Crippen molar-refractivity contribution in [2.24, 2.45) is 16.9 Å². The van der Waals surface area contributed by atoms with Gasteiger partial charge in [-0.15, -0.1) is 0 Å². The first-order valence-electron chi connectivity index (χ1n) is 5.31. The van der Waals surface area contributed by atoms with Gasteiger partial charge < -0.3 is 16.8 Å². The highest BCUT2D eigenvalue weighted by molar-refractivity contribution is 5.84. The predicted molar refractivity (Wildman–Crippen MR) is 63.5 cm³/mol. The summed E-state index contributed by atoms with van der Waals surface area (Å²) < 4.78 is 0. The first kappa shape index (κ1) is 14.9. The minimum Gasteiger partial charge on any atom is -0.370 e. The first-order chi connectivity index (χ1) is 6.96. The van der Waals surface area contributed by atoms with E-state index < -0.39 is 17.5 Å². The Labute approximate surface area is 96.9 Å². The van der Waals surface area contributed by atoms with Gasteiger partial charge in [-0.1, -0.05) is 20.8 Å². The van der Waals surface area contributed by atoms with Crippen molar-refractivity contribution >= 4 is 11.8 Å². The second kappa shape index (κ2) is 4.82. The lowest BCUT2D eigenvalue weighted by Crippen LogP contribution is -2.55. The van der Waals surface area contributed by atoms with Crippen molar-refractivity contribution in [3.8, 4) is 0 Å². The van der Waals surface area contributed by atoms with Crippen molar-refractivity contribution in [1.82, 2.24) is 5.32 Å². The molecule has 1 atom stereocenters. The molecule has 0 heterocycles. The smallest absolute Gasteiger partial charge is 0.237 e. The van der Waals surface area contributed by atoms with Gasteiger partial charge in [-0.25, -0.2) is 0 Å². The van der Waals surface area contributed by atoms with E-state index in [-0.39, 0.29) is 17.7 Å². The SMILES string of the molecule is CC(C)(CC(N)=O)NC(=O)C(N)C(C)(C)C. The quantitative estimate of drug-likeness (QED) is 0.639. The average Bonchev–Trinajstić information content (AvgIpc) is 1.97. The Balaban J connectivity index is 4.50. The number of amides is 2. The highest BCUT2D eigenvalue weighted by Crippen LogP contribution is 2.18. The van der Waals surface area contributed by atoms with Crippen LogP contribution in [0.25, 0.3) is 0 Å². The van der Waals surface area contributed by atoms with Crippen LogP contribution in [0.15, 0.2) is 0 Å². The lowest BCUT2D eigenvalue weighted by Gasteiger charge is -2.31. The Kier molecular flexibility index (Phi) is 4.49. The monoisotopic (exact) mass is 229 g/mol. The van der Waals surface area contributed by atoms with Gasteiger partial charge in [0.05, 0.1) is 6.04 Å². The molecule has 0 fully saturated rings. The Bertz CT molecular complexity index is 279. The maximum absolute atomic E-state index is 11.8. The third-order valence-corrected chi connectivity index (χ3v) is 2.29. The van der Waals surface area contributed by atoms with Crippen LogP contribution < -0.4 is 16.8 Å². The summed E-state index contributed by atoms with van der Waals surface area (Å²) in [5.74, 6) is -0.714. The minimum atomic E-state index is -0.661. The molecule has 0 bridgehead atoms. The summed E-state index contributed by atoms with van der Waals surface area (Å²) in [6.45, 7) is 9.14. The lowest BCUT2D eigenvalue weighted by atomic mass is 9.86. The van der Waals surface area contributed by atoms with Gasteiger partial charge in [0.2, 0.25) is 11.8 Å². The summed E-state index contributed by atoms with van der Waals surface area (Å²) in [7, 11) is 0. The molecule has 0 aliphatic rings. The lowest BCUT2D eigenvalue weighted by molar-refractivity contribution is -0.126. The standard InChI is InChI=1S/C11H23N3O2/c1-10(2,3)8(13)9(16)14-11(4,5)6-7(12)15/h8H,6,13H2,1-5H3,(H2,12,15)(H,14,16). The van der Waals surface area contributed by atoms with E-state index in [0.717, 1.165) is 0 Å². The fourth-order valence-corrected chi connectivity index (χ4v) is 1.28. The molecule has 0 radical (unpaired) electrons. The number of primary amides is 1. The number of hydrogen-bond donors (Lipinski definition) is 3. The van der Waals surface area contributed by atoms with E-state index in [1.165, 1.54) is 0 Å². The molecular formula is C11H23N3O2. The summed E-state index contributed by atoms with van der Waals surface area (Å²) in [6.07, 6.45) is 0.0929. The number of carbonyl (C=O) groups excluding carboxylic acids is 2. The molecule has 0 saturated carbocycles. The van der Waals surface area contributed by atoms with Gasteiger partial charge >= 0.3 is 0 Å². The number of nitrogens with two attached hydrogens (primary N) is 2. The van der Waals surface area contributed by atoms with Crippen LogP contribution >= 0.6 is 0 Å². The van der Waals surface area contributed by atoms with Gasteiger partial charge in [0.15, 0.2) is 0 Å². The number of rotatable bonds is 4. The zero-order valence-corrected chi connectivity index (χ0v) is 10.8. The Morgan fingerprint density at radius 1 is 1.19 bits per heavy atom. The van der Waals surface area contributed by atoms with E-state index in [2.05, 4.69) is 5.32 Å². The molecule has 0 spiro atoms. The molecular weight excluding hydrogens is 206 g/mol. The molecule has 0 saturated heterocycles. The van der Waals surface area contributed by atoms with E-state index in [1.54, 1.807) is 13.8 Å².